The maximum atomic E-state index is 12.4. The van der Waals surface area contributed by atoms with E-state index in [1.807, 2.05) is 18.4 Å². The second-order valence-corrected chi connectivity index (χ2v) is 7.43. The highest BCUT2D eigenvalue weighted by Crippen LogP contribution is 2.23. The molecule has 6 nitrogen and oxygen atoms in total. The maximum absolute atomic E-state index is 12.4. The van der Waals surface area contributed by atoms with Crippen molar-refractivity contribution in [3.8, 4) is 0 Å². The fourth-order valence-electron chi connectivity index (χ4n) is 2.22. The molecule has 0 spiro atoms. The van der Waals surface area contributed by atoms with Gasteiger partial charge in [0.15, 0.2) is 11.0 Å². The molecule has 3 heterocycles. The van der Waals surface area contributed by atoms with Crippen LogP contribution in [0.1, 0.15) is 32.5 Å². The van der Waals surface area contributed by atoms with Crippen molar-refractivity contribution >= 4 is 33.3 Å². The molecule has 0 aliphatic carbocycles. The normalized spacial score (nSPS) is 11.7. The lowest BCUT2D eigenvalue weighted by atomic mass is 10.1. The van der Waals surface area contributed by atoms with Crippen molar-refractivity contribution in [3.05, 3.63) is 33.5 Å². The van der Waals surface area contributed by atoms with Gasteiger partial charge in [0.25, 0.3) is 5.56 Å². The van der Waals surface area contributed by atoms with E-state index in [1.165, 1.54) is 23.1 Å². The maximum Gasteiger partial charge on any atom is 0.272 e. The summed E-state index contributed by atoms with van der Waals surface area (Å²) < 4.78 is 7.64. The first-order chi connectivity index (χ1) is 11.1. The summed E-state index contributed by atoms with van der Waals surface area (Å²) in [5.41, 5.74) is 0.768. The van der Waals surface area contributed by atoms with Gasteiger partial charge in [-0.25, -0.2) is 4.98 Å². The molecule has 3 aromatic rings. The molecule has 0 radical (unpaired) electrons. The van der Waals surface area contributed by atoms with Crippen molar-refractivity contribution in [2.45, 2.75) is 44.6 Å². The minimum absolute atomic E-state index is 0.0172. The number of hydrogen-bond acceptors (Lipinski definition) is 7. The molecule has 0 aromatic carbocycles. The number of thiophene rings is 1. The van der Waals surface area contributed by atoms with Crippen molar-refractivity contribution < 1.29 is 4.52 Å². The Morgan fingerprint density at radius 1 is 1.39 bits per heavy atom. The van der Waals surface area contributed by atoms with E-state index in [0.717, 1.165) is 11.9 Å². The minimum atomic E-state index is 0.0172. The van der Waals surface area contributed by atoms with Crippen LogP contribution in [0.2, 0.25) is 0 Å². The average Bonchev–Trinajstić information content (AvgIpc) is 3.13. The Morgan fingerprint density at radius 3 is 2.96 bits per heavy atom. The van der Waals surface area contributed by atoms with Crippen LogP contribution in [-0.4, -0.2) is 19.7 Å². The monoisotopic (exact) mass is 350 g/mol. The molecule has 0 bridgehead atoms. The second kappa shape index (κ2) is 6.84. The van der Waals surface area contributed by atoms with Gasteiger partial charge in [-0.3, -0.25) is 9.36 Å². The van der Waals surface area contributed by atoms with Gasteiger partial charge < -0.3 is 4.52 Å². The number of nitrogens with zero attached hydrogens (tertiary/aromatic N) is 4. The zero-order chi connectivity index (χ0) is 16.4. The molecule has 0 fully saturated rings. The van der Waals surface area contributed by atoms with Crippen LogP contribution in [0.3, 0.4) is 0 Å². The topological polar surface area (TPSA) is 73.8 Å². The van der Waals surface area contributed by atoms with E-state index in [4.69, 9.17) is 4.52 Å². The predicted octanol–water partition coefficient (Wildman–Crippen LogP) is 3.35. The summed E-state index contributed by atoms with van der Waals surface area (Å²) in [5.74, 6) is 2.30. The van der Waals surface area contributed by atoms with Gasteiger partial charge in [0.05, 0.1) is 11.3 Å². The molecule has 0 amide bonds. The summed E-state index contributed by atoms with van der Waals surface area (Å²) >= 11 is 2.89. The molecule has 0 saturated heterocycles. The minimum Gasteiger partial charge on any atom is -0.339 e. The van der Waals surface area contributed by atoms with Crippen molar-refractivity contribution in [2.75, 3.05) is 0 Å². The van der Waals surface area contributed by atoms with Gasteiger partial charge in [0.2, 0.25) is 5.89 Å². The van der Waals surface area contributed by atoms with Crippen molar-refractivity contribution in [3.63, 3.8) is 0 Å². The van der Waals surface area contributed by atoms with Crippen LogP contribution in [-0.2, 0) is 18.7 Å². The number of aromatic nitrogens is 4. The molecular formula is C15H18N4O2S2. The lowest BCUT2D eigenvalue weighted by Gasteiger charge is -2.08. The Hall–Kier alpha value is -1.67. The van der Waals surface area contributed by atoms with E-state index in [0.29, 0.717) is 39.8 Å². The zero-order valence-corrected chi connectivity index (χ0v) is 14.9. The average molecular weight is 350 g/mol. The quantitative estimate of drug-likeness (QED) is 0.501. The Balaban J connectivity index is 1.81. The standard InChI is InChI=1S/C15H18N4O2S2/c1-4-19-14(20)13-10(5-6-22-13)16-15(19)23-8-11-17-12(21-18-11)7-9(2)3/h5-6,9H,4,7-8H2,1-3H3. The Morgan fingerprint density at radius 2 is 2.22 bits per heavy atom. The van der Waals surface area contributed by atoms with Crippen molar-refractivity contribution in [1.82, 2.24) is 19.7 Å². The van der Waals surface area contributed by atoms with Crippen LogP contribution < -0.4 is 5.56 Å². The van der Waals surface area contributed by atoms with Crippen molar-refractivity contribution in [2.24, 2.45) is 5.92 Å². The summed E-state index contributed by atoms with van der Waals surface area (Å²) in [6.45, 7) is 6.76. The van der Waals surface area contributed by atoms with Gasteiger partial charge in [0.1, 0.15) is 4.70 Å². The van der Waals surface area contributed by atoms with Crippen LogP contribution in [0.4, 0.5) is 0 Å². The van der Waals surface area contributed by atoms with Crippen LogP contribution in [0.15, 0.2) is 25.9 Å². The van der Waals surface area contributed by atoms with Gasteiger partial charge in [-0.05, 0) is 24.3 Å². The molecule has 3 rings (SSSR count). The highest BCUT2D eigenvalue weighted by atomic mass is 32.2. The van der Waals surface area contributed by atoms with E-state index in [-0.39, 0.29) is 5.56 Å². The molecular weight excluding hydrogens is 332 g/mol. The molecule has 8 heteroatoms. The van der Waals surface area contributed by atoms with E-state index in [1.54, 1.807) is 4.57 Å². The van der Waals surface area contributed by atoms with Crippen LogP contribution in [0.25, 0.3) is 10.2 Å². The molecule has 0 unspecified atom stereocenters. The SMILES string of the molecule is CCn1c(SCc2noc(CC(C)C)n2)nc2ccsc2c1=O. The highest BCUT2D eigenvalue weighted by molar-refractivity contribution is 7.98. The van der Waals surface area contributed by atoms with Crippen LogP contribution >= 0.6 is 23.1 Å². The van der Waals surface area contributed by atoms with E-state index < -0.39 is 0 Å². The predicted molar refractivity (Wildman–Crippen MR) is 92.0 cm³/mol. The molecule has 0 N–H and O–H groups in total. The van der Waals surface area contributed by atoms with Gasteiger partial charge >= 0.3 is 0 Å². The molecule has 0 aliphatic rings. The largest absolute Gasteiger partial charge is 0.339 e. The lowest BCUT2D eigenvalue weighted by molar-refractivity contribution is 0.360. The Kier molecular flexibility index (Phi) is 4.82. The molecule has 0 aliphatic heterocycles. The first-order valence-electron chi connectivity index (χ1n) is 7.50. The highest BCUT2D eigenvalue weighted by Gasteiger charge is 2.14. The number of thioether (sulfide) groups is 1. The van der Waals surface area contributed by atoms with Gasteiger partial charge in [0, 0.05) is 13.0 Å². The summed E-state index contributed by atoms with van der Waals surface area (Å²) in [4.78, 5) is 21.4. The third-order valence-corrected chi connectivity index (χ3v) is 5.13. The molecule has 0 saturated carbocycles. The molecule has 122 valence electrons. The molecule has 3 aromatic heterocycles. The van der Waals surface area contributed by atoms with Gasteiger partial charge in [-0.2, -0.15) is 4.98 Å². The summed E-state index contributed by atoms with van der Waals surface area (Å²) in [6, 6.07) is 1.88. The number of fused-ring (bicyclic) bond motifs is 1. The smallest absolute Gasteiger partial charge is 0.272 e. The fourth-order valence-corrected chi connectivity index (χ4v) is 3.91. The van der Waals surface area contributed by atoms with Gasteiger partial charge in [-0.15, -0.1) is 11.3 Å². The first kappa shape index (κ1) is 16.2. The van der Waals surface area contributed by atoms with E-state index in [2.05, 4.69) is 29.0 Å². The van der Waals surface area contributed by atoms with E-state index >= 15 is 0 Å². The second-order valence-electron chi connectivity index (χ2n) is 5.57. The summed E-state index contributed by atoms with van der Waals surface area (Å²) in [5, 5.41) is 6.58. The van der Waals surface area contributed by atoms with Crippen LogP contribution in [0.5, 0.6) is 0 Å². The Labute approximate surface area is 141 Å². The zero-order valence-electron chi connectivity index (χ0n) is 13.3. The third kappa shape index (κ3) is 3.48. The van der Waals surface area contributed by atoms with Crippen LogP contribution in [0, 0.1) is 5.92 Å². The third-order valence-electron chi connectivity index (χ3n) is 3.27. The molecule has 0 atom stereocenters. The number of rotatable bonds is 6. The summed E-state index contributed by atoms with van der Waals surface area (Å²) in [7, 11) is 0. The number of hydrogen-bond donors (Lipinski definition) is 0. The lowest BCUT2D eigenvalue weighted by Crippen LogP contribution is -2.21. The molecule has 23 heavy (non-hydrogen) atoms. The first-order valence-corrected chi connectivity index (χ1v) is 9.37. The van der Waals surface area contributed by atoms with Crippen molar-refractivity contribution in [1.29, 1.82) is 0 Å². The summed E-state index contributed by atoms with van der Waals surface area (Å²) in [6.07, 6.45) is 0.774. The van der Waals surface area contributed by atoms with Gasteiger partial charge in [-0.1, -0.05) is 30.8 Å². The fraction of sp³-hybridized carbons (Fsp3) is 0.467. The Bertz CT molecular complexity index is 866. The van der Waals surface area contributed by atoms with E-state index in [9.17, 15) is 4.79 Å².